The van der Waals surface area contributed by atoms with Gasteiger partial charge in [0.1, 0.15) is 5.58 Å². The molecule has 0 saturated carbocycles. The summed E-state index contributed by atoms with van der Waals surface area (Å²) in [7, 11) is 0. The van der Waals surface area contributed by atoms with Crippen molar-refractivity contribution < 1.29 is 4.42 Å². The van der Waals surface area contributed by atoms with Crippen molar-refractivity contribution >= 4 is 39.0 Å². The summed E-state index contributed by atoms with van der Waals surface area (Å²) >= 11 is 0. The first-order valence-corrected chi connectivity index (χ1v) is 22.7. The Kier molecular flexibility index (Phi) is 8.60. The third-order valence-electron chi connectivity index (χ3n) is 14.2. The van der Waals surface area contributed by atoms with Gasteiger partial charge in [-0.1, -0.05) is 200 Å². The Balaban J connectivity index is 0.976. The number of hydrogen-bond acceptors (Lipinski definition) is 2. The number of benzene rings is 10. The third kappa shape index (κ3) is 5.81. The summed E-state index contributed by atoms with van der Waals surface area (Å²) in [6, 6.07) is 86.5. The molecule has 0 bridgehead atoms. The molecule has 2 heteroatoms. The lowest BCUT2D eigenvalue weighted by molar-refractivity contribution is 0.626. The summed E-state index contributed by atoms with van der Waals surface area (Å²) in [4.78, 5) is 2.40. The molecule has 0 aliphatic heterocycles. The van der Waals surface area contributed by atoms with E-state index in [-0.39, 0.29) is 5.41 Å². The Morgan fingerprint density at radius 2 is 0.923 bits per heavy atom. The van der Waals surface area contributed by atoms with Gasteiger partial charge in [-0.25, -0.2) is 0 Å². The smallest absolute Gasteiger partial charge is 0.159 e. The number of hydrogen-bond donors (Lipinski definition) is 0. The van der Waals surface area contributed by atoms with Crippen LogP contribution < -0.4 is 4.90 Å². The fraction of sp³-hybridized carbons (Fsp3) is 0.0476. The van der Waals surface area contributed by atoms with Crippen molar-refractivity contribution in [1.29, 1.82) is 0 Å². The summed E-state index contributed by atoms with van der Waals surface area (Å²) in [5, 5.41) is 2.20. The van der Waals surface area contributed by atoms with Crippen LogP contribution in [0.1, 0.15) is 28.7 Å². The van der Waals surface area contributed by atoms with E-state index < -0.39 is 0 Å². The van der Waals surface area contributed by atoms with E-state index in [0.29, 0.717) is 0 Å². The molecule has 0 saturated heterocycles. The van der Waals surface area contributed by atoms with Gasteiger partial charge in [0.25, 0.3) is 0 Å². The van der Waals surface area contributed by atoms with Crippen molar-refractivity contribution in [3.05, 3.63) is 259 Å². The maximum absolute atomic E-state index is 6.80. The van der Waals surface area contributed by atoms with Gasteiger partial charge >= 0.3 is 0 Å². The van der Waals surface area contributed by atoms with Crippen molar-refractivity contribution in [2.75, 3.05) is 4.90 Å². The monoisotopic (exact) mass is 829 g/mol. The van der Waals surface area contributed by atoms with Crippen LogP contribution in [0.3, 0.4) is 0 Å². The first kappa shape index (κ1) is 37.4. The van der Waals surface area contributed by atoms with Crippen molar-refractivity contribution in [1.82, 2.24) is 0 Å². The predicted octanol–water partition coefficient (Wildman–Crippen LogP) is 17.0. The lowest BCUT2D eigenvalue weighted by atomic mass is 9.73. The maximum atomic E-state index is 6.80. The Morgan fingerprint density at radius 3 is 1.74 bits per heavy atom. The number of fused-ring (bicyclic) bond motifs is 10. The summed E-state index contributed by atoms with van der Waals surface area (Å²) in [5.41, 5.74) is 22.7. The zero-order valence-corrected chi connectivity index (χ0v) is 35.8. The Hall–Kier alpha value is -8.20. The highest BCUT2D eigenvalue weighted by atomic mass is 16.3. The molecule has 65 heavy (non-hydrogen) atoms. The molecule has 13 rings (SSSR count). The minimum atomic E-state index is -0.137. The number of anilines is 3. The minimum Gasteiger partial charge on any atom is -0.454 e. The van der Waals surface area contributed by atoms with E-state index in [1.165, 1.54) is 66.8 Å². The molecule has 2 aliphatic carbocycles. The van der Waals surface area contributed by atoms with Gasteiger partial charge < -0.3 is 9.32 Å². The SMILES string of the molecule is c1ccc(-c2ccccc2-c2ccccc2-c2ccccc2N(c2ccc(-c3ccc4c(c3)C3(CCc5ccccc53)c3ccccc3-4)cc2)c2cccc3c2oc2ccccc23)cc1. The number of furan rings is 1. The number of para-hydroxylation sites is 3. The summed E-state index contributed by atoms with van der Waals surface area (Å²) in [5.74, 6) is 0. The van der Waals surface area contributed by atoms with Crippen molar-refractivity contribution in [3.63, 3.8) is 0 Å². The van der Waals surface area contributed by atoms with Gasteiger partial charge in [0.05, 0.1) is 11.4 Å². The van der Waals surface area contributed by atoms with Crippen LogP contribution in [0.2, 0.25) is 0 Å². The molecule has 11 aromatic rings. The van der Waals surface area contributed by atoms with Crippen molar-refractivity contribution in [2.45, 2.75) is 18.3 Å². The van der Waals surface area contributed by atoms with Crippen LogP contribution in [0.25, 0.3) is 77.6 Å². The fourth-order valence-electron chi connectivity index (χ4n) is 11.3. The lowest BCUT2D eigenvalue weighted by Gasteiger charge is -2.29. The van der Waals surface area contributed by atoms with Gasteiger partial charge in [-0.15, -0.1) is 0 Å². The predicted molar refractivity (Wildman–Crippen MR) is 270 cm³/mol. The minimum absolute atomic E-state index is 0.137. The van der Waals surface area contributed by atoms with E-state index >= 15 is 0 Å². The molecule has 10 aromatic carbocycles. The van der Waals surface area contributed by atoms with Crippen LogP contribution in [0, 0.1) is 0 Å². The van der Waals surface area contributed by atoms with Crippen molar-refractivity contribution in [2.24, 2.45) is 0 Å². The standard InChI is InChI=1S/C63H43NO/c1-2-17-43(18-3-1)47-20-5-6-21-48(47)49-22-7-8-23-50(49)53-25-10-14-30-59(53)64(60-31-16-27-55-54-26-11-15-32-61(54)65-62(55)60)46-36-33-42(34-37-46)45-35-38-52-51-24-9-13-29-57(51)63(58(52)41-45)40-39-44-19-4-12-28-56(44)63/h1-38,41H,39-40H2. The van der Waals surface area contributed by atoms with E-state index in [2.05, 4.69) is 235 Å². The highest BCUT2D eigenvalue weighted by Gasteiger charge is 2.48. The lowest BCUT2D eigenvalue weighted by Crippen LogP contribution is -2.23. The Bertz CT molecular complexity index is 3620. The summed E-state index contributed by atoms with van der Waals surface area (Å²) in [6.07, 6.45) is 2.17. The molecule has 0 radical (unpaired) electrons. The van der Waals surface area contributed by atoms with Gasteiger partial charge in [0.15, 0.2) is 5.58 Å². The topological polar surface area (TPSA) is 16.4 Å². The molecule has 1 unspecified atom stereocenters. The Labute approximate surface area is 379 Å². The normalized spacial score (nSPS) is 14.7. The summed E-state index contributed by atoms with van der Waals surface area (Å²) in [6.45, 7) is 0. The number of rotatable bonds is 7. The van der Waals surface area contributed by atoms with Gasteiger partial charge in [-0.05, 0) is 122 Å². The molecule has 1 aromatic heterocycles. The van der Waals surface area contributed by atoms with Gasteiger partial charge in [-0.2, -0.15) is 0 Å². The number of aryl methyl sites for hydroxylation is 1. The molecule has 2 nitrogen and oxygen atoms in total. The molecule has 1 heterocycles. The zero-order chi connectivity index (χ0) is 42.9. The van der Waals surface area contributed by atoms with Crippen LogP contribution >= 0.6 is 0 Å². The van der Waals surface area contributed by atoms with Crippen LogP contribution in [-0.4, -0.2) is 0 Å². The van der Waals surface area contributed by atoms with E-state index in [0.717, 1.165) is 63.0 Å². The average Bonchev–Trinajstić information content (AvgIpc) is 4.05. The molecule has 2 aliphatic rings. The van der Waals surface area contributed by atoms with E-state index in [1.807, 2.05) is 6.07 Å². The fourth-order valence-corrected chi connectivity index (χ4v) is 11.3. The van der Waals surface area contributed by atoms with Crippen LogP contribution in [0.15, 0.2) is 241 Å². The summed E-state index contributed by atoms with van der Waals surface area (Å²) < 4.78 is 6.80. The molecule has 306 valence electrons. The van der Waals surface area contributed by atoms with Crippen LogP contribution in [0.4, 0.5) is 17.1 Å². The second-order valence-electron chi connectivity index (χ2n) is 17.5. The van der Waals surface area contributed by atoms with E-state index in [1.54, 1.807) is 0 Å². The molecule has 1 spiro atoms. The quantitative estimate of drug-likeness (QED) is 0.159. The second kappa shape index (κ2) is 15.0. The molecule has 0 amide bonds. The molecule has 0 N–H and O–H groups in total. The molecular weight excluding hydrogens is 787 g/mol. The third-order valence-corrected chi connectivity index (χ3v) is 14.2. The molecule has 0 fully saturated rings. The maximum Gasteiger partial charge on any atom is 0.159 e. The van der Waals surface area contributed by atoms with E-state index in [4.69, 9.17) is 4.42 Å². The molecular formula is C63H43NO. The van der Waals surface area contributed by atoms with Gasteiger partial charge in [0.2, 0.25) is 0 Å². The van der Waals surface area contributed by atoms with Gasteiger partial charge in [-0.3, -0.25) is 0 Å². The average molecular weight is 830 g/mol. The first-order chi connectivity index (χ1) is 32.2. The largest absolute Gasteiger partial charge is 0.454 e. The highest BCUT2D eigenvalue weighted by Crippen LogP contribution is 2.59. The second-order valence-corrected chi connectivity index (χ2v) is 17.5. The van der Waals surface area contributed by atoms with Crippen molar-refractivity contribution in [3.8, 4) is 55.6 Å². The van der Waals surface area contributed by atoms with Crippen LogP contribution in [0.5, 0.6) is 0 Å². The Morgan fingerprint density at radius 1 is 0.354 bits per heavy atom. The highest BCUT2D eigenvalue weighted by molar-refractivity contribution is 6.11. The number of nitrogens with zero attached hydrogens (tertiary/aromatic N) is 1. The van der Waals surface area contributed by atoms with E-state index in [9.17, 15) is 0 Å². The molecule has 1 atom stereocenters. The zero-order valence-electron chi connectivity index (χ0n) is 35.8. The van der Waals surface area contributed by atoms with Crippen LogP contribution in [-0.2, 0) is 11.8 Å². The first-order valence-electron chi connectivity index (χ1n) is 22.7. The van der Waals surface area contributed by atoms with Gasteiger partial charge in [0, 0.05) is 27.4 Å².